The quantitative estimate of drug-likeness (QED) is 0.788. The van der Waals surface area contributed by atoms with Gasteiger partial charge in [-0.25, -0.2) is 4.79 Å². The van der Waals surface area contributed by atoms with E-state index in [0.717, 1.165) is 4.90 Å². The SMILES string of the molecule is O=c1ncc(Cl)cn1CSc1ccccc1. The Bertz CT molecular complexity index is 527. The fourth-order valence-electron chi connectivity index (χ4n) is 1.18. The maximum Gasteiger partial charge on any atom is 0.348 e. The third kappa shape index (κ3) is 2.87. The van der Waals surface area contributed by atoms with Crippen molar-refractivity contribution in [3.05, 3.63) is 58.2 Å². The van der Waals surface area contributed by atoms with Gasteiger partial charge in [0.2, 0.25) is 0 Å². The van der Waals surface area contributed by atoms with E-state index < -0.39 is 0 Å². The first-order chi connectivity index (χ1) is 7.75. The lowest BCUT2D eigenvalue weighted by atomic mass is 10.4. The number of hydrogen-bond acceptors (Lipinski definition) is 3. The molecule has 16 heavy (non-hydrogen) atoms. The van der Waals surface area contributed by atoms with Crippen LogP contribution in [0.1, 0.15) is 0 Å². The molecule has 0 aliphatic heterocycles. The van der Waals surface area contributed by atoms with Gasteiger partial charge in [0.1, 0.15) is 0 Å². The normalized spacial score (nSPS) is 10.3. The second-order valence-electron chi connectivity index (χ2n) is 3.11. The van der Waals surface area contributed by atoms with Gasteiger partial charge in [0.15, 0.2) is 0 Å². The zero-order valence-corrected chi connectivity index (χ0v) is 9.91. The molecule has 0 aliphatic rings. The lowest BCUT2D eigenvalue weighted by Gasteiger charge is -2.04. The van der Waals surface area contributed by atoms with Crippen LogP contribution in [-0.2, 0) is 5.88 Å². The topological polar surface area (TPSA) is 34.9 Å². The second-order valence-corrected chi connectivity index (χ2v) is 4.57. The van der Waals surface area contributed by atoms with Crippen LogP contribution < -0.4 is 5.69 Å². The third-order valence-electron chi connectivity index (χ3n) is 1.94. The molecule has 0 saturated heterocycles. The van der Waals surface area contributed by atoms with Crippen molar-refractivity contribution in [2.45, 2.75) is 10.8 Å². The van der Waals surface area contributed by atoms with E-state index in [-0.39, 0.29) is 5.69 Å². The highest BCUT2D eigenvalue weighted by Gasteiger charge is 1.99. The van der Waals surface area contributed by atoms with Crippen LogP contribution in [0.5, 0.6) is 0 Å². The highest BCUT2D eigenvalue weighted by Crippen LogP contribution is 2.18. The molecular weight excluding hydrogens is 244 g/mol. The zero-order valence-electron chi connectivity index (χ0n) is 8.34. The number of hydrogen-bond donors (Lipinski definition) is 0. The fourth-order valence-corrected chi connectivity index (χ4v) is 2.17. The Balaban J connectivity index is 2.11. The van der Waals surface area contributed by atoms with E-state index in [1.54, 1.807) is 18.0 Å². The average Bonchev–Trinajstić information content (AvgIpc) is 2.32. The zero-order chi connectivity index (χ0) is 11.4. The highest BCUT2D eigenvalue weighted by atomic mass is 35.5. The maximum absolute atomic E-state index is 11.4. The van der Waals surface area contributed by atoms with Gasteiger partial charge in [0, 0.05) is 11.1 Å². The molecule has 2 aromatic rings. The molecule has 0 unspecified atom stereocenters. The summed E-state index contributed by atoms with van der Waals surface area (Å²) in [6, 6.07) is 9.86. The largest absolute Gasteiger partial charge is 0.348 e. The van der Waals surface area contributed by atoms with Gasteiger partial charge < -0.3 is 0 Å². The van der Waals surface area contributed by atoms with Crippen molar-refractivity contribution in [3.63, 3.8) is 0 Å². The van der Waals surface area contributed by atoms with Crippen LogP contribution in [0.3, 0.4) is 0 Å². The van der Waals surface area contributed by atoms with E-state index in [0.29, 0.717) is 10.9 Å². The Morgan fingerprint density at radius 1 is 1.31 bits per heavy atom. The van der Waals surface area contributed by atoms with Gasteiger partial charge in [-0.3, -0.25) is 4.57 Å². The first-order valence-corrected chi connectivity index (χ1v) is 6.02. The Labute approximate surface area is 102 Å². The monoisotopic (exact) mass is 252 g/mol. The van der Waals surface area contributed by atoms with Crippen LogP contribution in [0.2, 0.25) is 5.02 Å². The summed E-state index contributed by atoms with van der Waals surface area (Å²) in [5.41, 5.74) is -0.284. The predicted molar refractivity (Wildman–Crippen MR) is 65.8 cm³/mol. The number of nitrogens with zero attached hydrogens (tertiary/aromatic N) is 2. The standard InChI is InChI=1S/C11H9ClN2OS/c12-9-6-13-11(15)14(7-9)8-16-10-4-2-1-3-5-10/h1-7H,8H2. The molecule has 0 saturated carbocycles. The summed E-state index contributed by atoms with van der Waals surface area (Å²) in [5, 5.41) is 0.466. The lowest BCUT2D eigenvalue weighted by Crippen LogP contribution is -2.20. The number of rotatable bonds is 3. The molecule has 0 atom stereocenters. The van der Waals surface area contributed by atoms with Crippen molar-refractivity contribution in [1.29, 1.82) is 0 Å². The Kier molecular flexibility index (Phi) is 3.64. The van der Waals surface area contributed by atoms with Crippen molar-refractivity contribution >= 4 is 23.4 Å². The van der Waals surface area contributed by atoms with Gasteiger partial charge in [0.25, 0.3) is 0 Å². The van der Waals surface area contributed by atoms with Gasteiger partial charge >= 0.3 is 5.69 Å². The van der Waals surface area contributed by atoms with Gasteiger partial charge in [0.05, 0.1) is 17.1 Å². The molecular formula is C11H9ClN2OS. The van der Waals surface area contributed by atoms with Crippen molar-refractivity contribution in [3.8, 4) is 0 Å². The van der Waals surface area contributed by atoms with Gasteiger partial charge in [-0.2, -0.15) is 4.98 Å². The van der Waals surface area contributed by atoms with E-state index in [2.05, 4.69) is 4.98 Å². The van der Waals surface area contributed by atoms with E-state index in [1.165, 1.54) is 10.8 Å². The van der Waals surface area contributed by atoms with Crippen LogP contribution >= 0.6 is 23.4 Å². The molecule has 1 heterocycles. The second kappa shape index (κ2) is 5.18. The third-order valence-corrected chi connectivity index (χ3v) is 3.14. The first-order valence-electron chi connectivity index (χ1n) is 4.65. The van der Waals surface area contributed by atoms with Crippen LogP contribution in [0.15, 0.2) is 52.4 Å². The van der Waals surface area contributed by atoms with Gasteiger partial charge in [-0.1, -0.05) is 29.8 Å². The summed E-state index contributed by atoms with van der Waals surface area (Å²) in [4.78, 5) is 16.1. The molecule has 0 bridgehead atoms. The van der Waals surface area contributed by atoms with Crippen molar-refractivity contribution in [1.82, 2.24) is 9.55 Å². The number of thioether (sulfide) groups is 1. The van der Waals surface area contributed by atoms with Gasteiger partial charge in [-0.05, 0) is 12.1 Å². The molecule has 1 aromatic heterocycles. The molecule has 0 fully saturated rings. The Morgan fingerprint density at radius 2 is 2.06 bits per heavy atom. The Hall–Kier alpha value is -1.26. The summed E-state index contributed by atoms with van der Waals surface area (Å²) in [6.07, 6.45) is 2.94. The number of halogens is 1. The van der Waals surface area contributed by atoms with Crippen molar-refractivity contribution in [2.24, 2.45) is 0 Å². The van der Waals surface area contributed by atoms with Crippen molar-refractivity contribution in [2.75, 3.05) is 0 Å². The van der Waals surface area contributed by atoms with E-state index in [4.69, 9.17) is 11.6 Å². The fraction of sp³-hybridized carbons (Fsp3) is 0.0909. The summed E-state index contributed by atoms with van der Waals surface area (Å²) in [6.45, 7) is 0. The number of benzene rings is 1. The van der Waals surface area contributed by atoms with Crippen LogP contribution in [0.4, 0.5) is 0 Å². The molecule has 1 aromatic carbocycles. The maximum atomic E-state index is 11.4. The van der Waals surface area contributed by atoms with E-state index in [9.17, 15) is 4.79 Å². The molecule has 3 nitrogen and oxygen atoms in total. The van der Waals surface area contributed by atoms with Crippen LogP contribution in [0, 0.1) is 0 Å². The molecule has 2 rings (SSSR count). The minimum Gasteiger partial charge on any atom is -0.288 e. The minimum absolute atomic E-state index is 0.284. The molecule has 0 radical (unpaired) electrons. The molecule has 5 heteroatoms. The molecule has 0 spiro atoms. The smallest absolute Gasteiger partial charge is 0.288 e. The van der Waals surface area contributed by atoms with Crippen LogP contribution in [-0.4, -0.2) is 9.55 Å². The molecule has 0 N–H and O–H groups in total. The first kappa shape index (κ1) is 11.2. The molecule has 82 valence electrons. The Morgan fingerprint density at radius 3 is 2.81 bits per heavy atom. The summed E-state index contributed by atoms with van der Waals surface area (Å²) < 4.78 is 1.49. The highest BCUT2D eigenvalue weighted by molar-refractivity contribution is 7.98. The summed E-state index contributed by atoms with van der Waals surface area (Å²) in [7, 11) is 0. The molecule has 0 aliphatic carbocycles. The molecule has 0 amide bonds. The van der Waals surface area contributed by atoms with Crippen LogP contribution in [0.25, 0.3) is 0 Å². The summed E-state index contributed by atoms with van der Waals surface area (Å²) in [5.74, 6) is 0.510. The average molecular weight is 253 g/mol. The minimum atomic E-state index is -0.284. The summed E-state index contributed by atoms with van der Waals surface area (Å²) >= 11 is 7.33. The van der Waals surface area contributed by atoms with Crippen molar-refractivity contribution < 1.29 is 0 Å². The number of aromatic nitrogens is 2. The van der Waals surface area contributed by atoms with Gasteiger partial charge in [-0.15, -0.1) is 11.8 Å². The van der Waals surface area contributed by atoms with E-state index in [1.807, 2.05) is 30.3 Å². The predicted octanol–water partition coefficient (Wildman–Crippen LogP) is 2.65. The van der Waals surface area contributed by atoms with E-state index >= 15 is 0 Å². The lowest BCUT2D eigenvalue weighted by molar-refractivity contribution is 0.793.